The summed E-state index contributed by atoms with van der Waals surface area (Å²) < 4.78 is 5.16. The van der Waals surface area contributed by atoms with E-state index in [0.717, 1.165) is 16.8 Å². The Labute approximate surface area is 174 Å². The fourth-order valence-electron chi connectivity index (χ4n) is 2.98. The summed E-state index contributed by atoms with van der Waals surface area (Å²) in [7, 11) is 0. The topological polar surface area (TPSA) is 58.6 Å². The molecule has 28 heavy (non-hydrogen) atoms. The molecule has 2 rings (SSSR count). The molecule has 0 radical (unpaired) electrons. The molecule has 2 aromatic rings. The summed E-state index contributed by atoms with van der Waals surface area (Å²) >= 11 is 0. The largest absolute Gasteiger partial charge is 0.507 e. The second-order valence-electron chi connectivity index (χ2n) is 8.81. The highest BCUT2D eigenvalue weighted by molar-refractivity contribution is 5.96. The van der Waals surface area contributed by atoms with Crippen molar-refractivity contribution in [2.75, 3.05) is 11.9 Å². The lowest BCUT2D eigenvalue weighted by Crippen LogP contribution is -2.18. The molecule has 0 aliphatic heterocycles. The smallest absolute Gasteiger partial charge is 0.340 e. The van der Waals surface area contributed by atoms with E-state index in [2.05, 4.69) is 46.9 Å². The number of nitrogens with one attached hydrogen (secondary N) is 1. The average Bonchev–Trinajstić information content (AvgIpc) is 2.55. The first-order valence-electron chi connectivity index (χ1n) is 9.36. The van der Waals surface area contributed by atoms with Crippen molar-refractivity contribution in [3.8, 4) is 5.75 Å². The predicted molar refractivity (Wildman–Crippen MR) is 118 cm³/mol. The number of phenols is 1. The van der Waals surface area contributed by atoms with Gasteiger partial charge in [0.1, 0.15) is 5.75 Å². The van der Waals surface area contributed by atoms with Crippen LogP contribution in [0, 0.1) is 0 Å². The number of aromatic hydroxyl groups is 1. The first-order valence-corrected chi connectivity index (χ1v) is 9.36. The molecule has 0 aliphatic carbocycles. The first-order chi connectivity index (χ1) is 12.4. The number of ether oxygens (including phenoxy) is 1. The molecule has 0 saturated carbocycles. The summed E-state index contributed by atoms with van der Waals surface area (Å²) in [6.45, 7) is 14.6. The third kappa shape index (κ3) is 5.41. The number of hydrogen-bond acceptors (Lipinski definition) is 4. The van der Waals surface area contributed by atoms with Crippen LogP contribution in [0.25, 0.3) is 0 Å². The molecule has 0 spiro atoms. The van der Waals surface area contributed by atoms with Crippen molar-refractivity contribution in [3.63, 3.8) is 0 Å². The summed E-state index contributed by atoms with van der Waals surface area (Å²) in [6.07, 6.45) is 0. The molecular formula is C23H32ClNO3. The molecule has 0 saturated heterocycles. The van der Waals surface area contributed by atoms with E-state index in [-0.39, 0.29) is 29.2 Å². The Morgan fingerprint density at radius 3 is 1.96 bits per heavy atom. The zero-order valence-electron chi connectivity index (χ0n) is 17.8. The van der Waals surface area contributed by atoms with Crippen LogP contribution in [0.4, 0.5) is 11.4 Å². The van der Waals surface area contributed by atoms with Gasteiger partial charge in [0, 0.05) is 16.8 Å². The lowest BCUT2D eigenvalue weighted by molar-refractivity contribution is 0.0527. The number of esters is 1. The molecule has 0 atom stereocenters. The zero-order valence-corrected chi connectivity index (χ0v) is 18.7. The van der Waals surface area contributed by atoms with Gasteiger partial charge in [0.05, 0.1) is 17.9 Å². The number of phenolic OH excluding ortho intramolecular Hbond substituents is 1. The fourth-order valence-corrected chi connectivity index (χ4v) is 2.98. The Morgan fingerprint density at radius 2 is 1.50 bits per heavy atom. The van der Waals surface area contributed by atoms with Gasteiger partial charge in [-0.05, 0) is 42.0 Å². The molecule has 2 aromatic carbocycles. The molecule has 0 aromatic heterocycles. The molecular weight excluding hydrogens is 374 g/mol. The highest BCUT2D eigenvalue weighted by Gasteiger charge is 2.27. The molecule has 5 heteroatoms. The van der Waals surface area contributed by atoms with E-state index in [1.807, 2.05) is 30.3 Å². The van der Waals surface area contributed by atoms with Crippen molar-refractivity contribution >= 4 is 29.8 Å². The number of carbonyl (C=O) groups excluding carboxylic acids is 1. The van der Waals surface area contributed by atoms with Crippen molar-refractivity contribution < 1.29 is 14.6 Å². The van der Waals surface area contributed by atoms with E-state index in [9.17, 15) is 9.90 Å². The third-order valence-electron chi connectivity index (χ3n) is 4.43. The van der Waals surface area contributed by atoms with Gasteiger partial charge in [-0.25, -0.2) is 4.79 Å². The van der Waals surface area contributed by atoms with Crippen LogP contribution in [0.5, 0.6) is 5.75 Å². The van der Waals surface area contributed by atoms with Gasteiger partial charge in [-0.1, -0.05) is 53.7 Å². The monoisotopic (exact) mass is 405 g/mol. The standard InChI is InChI=1S/C23H31NO3.ClH/c1-8-27-21(26)16-11-9-10-12-19(16)24-15-13-17(22(2,3)4)20(25)18(14-15)23(5,6)7;/h9-14,24-25H,8H2,1-7H3;1H. The average molecular weight is 406 g/mol. The highest BCUT2D eigenvalue weighted by Crippen LogP contribution is 2.41. The second-order valence-corrected chi connectivity index (χ2v) is 8.81. The Bertz CT molecular complexity index is 797. The van der Waals surface area contributed by atoms with Gasteiger partial charge in [-0.15, -0.1) is 12.4 Å². The number of anilines is 2. The maximum atomic E-state index is 12.3. The zero-order chi connectivity index (χ0) is 20.4. The quantitative estimate of drug-likeness (QED) is 0.461. The number of rotatable bonds is 4. The minimum Gasteiger partial charge on any atom is -0.507 e. The van der Waals surface area contributed by atoms with Gasteiger partial charge in [-0.3, -0.25) is 0 Å². The van der Waals surface area contributed by atoms with Gasteiger partial charge in [0.2, 0.25) is 0 Å². The van der Waals surface area contributed by atoms with E-state index in [1.54, 1.807) is 13.0 Å². The molecule has 154 valence electrons. The SMILES string of the molecule is CCOC(=O)c1ccccc1Nc1cc(C(C)(C)C)c(O)c(C(C)(C)C)c1.Cl. The Kier molecular flexibility index (Phi) is 7.55. The maximum Gasteiger partial charge on any atom is 0.340 e. The Morgan fingerprint density at radius 1 is 1.00 bits per heavy atom. The molecule has 4 nitrogen and oxygen atoms in total. The van der Waals surface area contributed by atoms with Crippen molar-refractivity contribution in [1.29, 1.82) is 0 Å². The lowest BCUT2D eigenvalue weighted by Gasteiger charge is -2.28. The Balaban J connectivity index is 0.00000392. The molecule has 0 bridgehead atoms. The van der Waals surface area contributed by atoms with Crippen molar-refractivity contribution in [3.05, 3.63) is 53.1 Å². The van der Waals surface area contributed by atoms with Crippen LogP contribution in [0.3, 0.4) is 0 Å². The summed E-state index contributed by atoms with van der Waals surface area (Å²) in [6, 6.07) is 11.2. The van der Waals surface area contributed by atoms with Crippen LogP contribution in [0.1, 0.15) is 70.0 Å². The molecule has 0 aliphatic rings. The van der Waals surface area contributed by atoms with Gasteiger partial charge in [-0.2, -0.15) is 0 Å². The van der Waals surface area contributed by atoms with E-state index >= 15 is 0 Å². The first kappa shape index (κ1) is 23.8. The number of hydrogen-bond donors (Lipinski definition) is 2. The van der Waals surface area contributed by atoms with Gasteiger partial charge in [0.25, 0.3) is 0 Å². The minimum atomic E-state index is -0.355. The second kappa shape index (κ2) is 8.87. The van der Waals surface area contributed by atoms with E-state index in [0.29, 0.717) is 23.6 Å². The summed E-state index contributed by atoms with van der Waals surface area (Å²) in [5, 5.41) is 14.2. The molecule has 0 amide bonds. The van der Waals surface area contributed by atoms with Crippen LogP contribution in [-0.2, 0) is 15.6 Å². The number of para-hydroxylation sites is 1. The highest BCUT2D eigenvalue weighted by atomic mass is 35.5. The fraction of sp³-hybridized carbons (Fsp3) is 0.435. The number of benzene rings is 2. The van der Waals surface area contributed by atoms with E-state index < -0.39 is 0 Å². The van der Waals surface area contributed by atoms with Crippen molar-refractivity contribution in [1.82, 2.24) is 0 Å². The van der Waals surface area contributed by atoms with Crippen LogP contribution >= 0.6 is 12.4 Å². The number of halogens is 1. The van der Waals surface area contributed by atoms with Crippen LogP contribution in [0.2, 0.25) is 0 Å². The molecule has 0 heterocycles. The van der Waals surface area contributed by atoms with Crippen LogP contribution in [-0.4, -0.2) is 17.7 Å². The molecule has 0 unspecified atom stereocenters. The Hall–Kier alpha value is -2.20. The predicted octanol–water partition coefficient (Wildman–Crippen LogP) is 6.33. The number of carbonyl (C=O) groups is 1. The summed E-state index contributed by atoms with van der Waals surface area (Å²) in [4.78, 5) is 12.3. The third-order valence-corrected chi connectivity index (χ3v) is 4.43. The van der Waals surface area contributed by atoms with Gasteiger partial charge >= 0.3 is 5.97 Å². The van der Waals surface area contributed by atoms with Crippen LogP contribution in [0.15, 0.2) is 36.4 Å². The summed E-state index contributed by atoms with van der Waals surface area (Å²) in [5.74, 6) is -0.0225. The van der Waals surface area contributed by atoms with E-state index in [1.165, 1.54) is 0 Å². The van der Waals surface area contributed by atoms with Crippen molar-refractivity contribution in [2.24, 2.45) is 0 Å². The lowest BCUT2D eigenvalue weighted by atomic mass is 9.79. The normalized spacial score (nSPS) is 11.5. The maximum absolute atomic E-state index is 12.3. The van der Waals surface area contributed by atoms with Gasteiger partial charge < -0.3 is 15.2 Å². The minimum absolute atomic E-state index is 0. The van der Waals surface area contributed by atoms with Crippen molar-refractivity contribution in [2.45, 2.75) is 59.3 Å². The van der Waals surface area contributed by atoms with Crippen LogP contribution < -0.4 is 5.32 Å². The summed E-state index contributed by atoms with van der Waals surface area (Å²) in [5.41, 5.74) is 3.30. The van der Waals surface area contributed by atoms with E-state index in [4.69, 9.17) is 4.74 Å². The molecule has 2 N–H and O–H groups in total. The molecule has 0 fully saturated rings. The van der Waals surface area contributed by atoms with Gasteiger partial charge in [0.15, 0.2) is 0 Å².